The predicted molar refractivity (Wildman–Crippen MR) is 113 cm³/mol. The zero-order valence-corrected chi connectivity index (χ0v) is 16.3. The van der Waals surface area contributed by atoms with Crippen LogP contribution < -0.4 is 10.6 Å². The topological polar surface area (TPSA) is 72.1 Å². The maximum absolute atomic E-state index is 4.88. The second-order valence-electron chi connectivity index (χ2n) is 8.45. The summed E-state index contributed by atoms with van der Waals surface area (Å²) in [4.78, 5) is 9.45. The third-order valence-corrected chi connectivity index (χ3v) is 6.27. The van der Waals surface area contributed by atoms with Crippen LogP contribution in [0, 0.1) is 5.41 Å². The highest BCUT2D eigenvalue weighted by molar-refractivity contribution is 5.67. The lowest BCUT2D eigenvalue weighted by molar-refractivity contribution is 0.0469. The van der Waals surface area contributed by atoms with E-state index in [1.807, 2.05) is 42.5 Å². The molecule has 7 heteroatoms. The molecular formula is C22H23N7. The van der Waals surface area contributed by atoms with Crippen molar-refractivity contribution in [1.29, 1.82) is 0 Å². The lowest BCUT2D eigenvalue weighted by Crippen LogP contribution is -2.63. The average Bonchev–Trinajstić information content (AvgIpc) is 3.28. The van der Waals surface area contributed by atoms with Crippen molar-refractivity contribution in [2.75, 3.05) is 18.4 Å². The third kappa shape index (κ3) is 2.81. The minimum atomic E-state index is 0.527. The number of rotatable bonds is 4. The minimum absolute atomic E-state index is 0.527. The third-order valence-electron chi connectivity index (χ3n) is 6.27. The van der Waals surface area contributed by atoms with Crippen LogP contribution in [0.3, 0.4) is 0 Å². The van der Waals surface area contributed by atoms with Crippen LogP contribution in [-0.2, 0) is 7.05 Å². The van der Waals surface area contributed by atoms with Gasteiger partial charge in [-0.15, -0.1) is 0 Å². The van der Waals surface area contributed by atoms with Crippen molar-refractivity contribution >= 4 is 11.5 Å². The van der Waals surface area contributed by atoms with E-state index in [-0.39, 0.29) is 0 Å². The van der Waals surface area contributed by atoms with E-state index in [9.17, 15) is 0 Å². The van der Waals surface area contributed by atoms with Gasteiger partial charge in [0.25, 0.3) is 0 Å². The molecule has 2 N–H and O–H groups in total. The second kappa shape index (κ2) is 6.15. The fourth-order valence-electron chi connectivity index (χ4n) is 4.63. The average molecular weight is 385 g/mol. The van der Waals surface area contributed by atoms with Crippen molar-refractivity contribution in [3.05, 3.63) is 55.1 Å². The summed E-state index contributed by atoms with van der Waals surface area (Å²) < 4.78 is 3.92. The smallest absolute Gasteiger partial charge is 0.137 e. The van der Waals surface area contributed by atoms with E-state index >= 15 is 0 Å². The van der Waals surface area contributed by atoms with Crippen LogP contribution in [0.15, 0.2) is 55.1 Å². The second-order valence-corrected chi connectivity index (χ2v) is 8.45. The van der Waals surface area contributed by atoms with Gasteiger partial charge in [-0.3, -0.25) is 9.08 Å². The first-order valence-corrected chi connectivity index (χ1v) is 10.1. The molecule has 2 fully saturated rings. The van der Waals surface area contributed by atoms with Gasteiger partial charge >= 0.3 is 0 Å². The van der Waals surface area contributed by atoms with E-state index in [2.05, 4.69) is 49.5 Å². The number of aryl methyl sites for hydroxylation is 1. The maximum atomic E-state index is 4.88. The van der Waals surface area contributed by atoms with Crippen molar-refractivity contribution in [2.24, 2.45) is 12.5 Å². The summed E-state index contributed by atoms with van der Waals surface area (Å²) in [6.07, 6.45) is 10.4. The summed E-state index contributed by atoms with van der Waals surface area (Å²) in [5, 5.41) is 11.3. The van der Waals surface area contributed by atoms with Gasteiger partial charge in [0, 0.05) is 49.7 Å². The molecule has 1 aliphatic heterocycles. The van der Waals surface area contributed by atoms with Crippen molar-refractivity contribution in [3.8, 4) is 22.5 Å². The Hall–Kier alpha value is -3.19. The molecule has 0 bridgehead atoms. The molecule has 5 heterocycles. The Labute approximate surface area is 168 Å². The van der Waals surface area contributed by atoms with Crippen LogP contribution in [-0.4, -0.2) is 43.3 Å². The van der Waals surface area contributed by atoms with Gasteiger partial charge in [0.15, 0.2) is 0 Å². The van der Waals surface area contributed by atoms with Crippen molar-refractivity contribution in [1.82, 2.24) is 29.5 Å². The van der Waals surface area contributed by atoms with Crippen molar-refractivity contribution in [2.45, 2.75) is 18.9 Å². The zero-order chi connectivity index (χ0) is 19.4. The number of anilines is 1. The fraction of sp³-hybridized carbons (Fsp3) is 0.318. The molecule has 7 nitrogen and oxygen atoms in total. The number of aromatic nitrogens is 5. The number of hydrogen-bond donors (Lipinski definition) is 2. The van der Waals surface area contributed by atoms with E-state index in [4.69, 9.17) is 4.98 Å². The summed E-state index contributed by atoms with van der Waals surface area (Å²) in [7, 11) is 1.93. The van der Waals surface area contributed by atoms with E-state index in [1.54, 1.807) is 0 Å². The molecule has 0 amide bonds. The number of fused-ring (bicyclic) bond motifs is 1. The minimum Gasteiger partial charge on any atom is -0.367 e. The number of nitrogens with one attached hydrogen (secondary N) is 2. The Balaban J connectivity index is 1.30. The summed E-state index contributed by atoms with van der Waals surface area (Å²) in [6.45, 7) is 2.33. The lowest BCUT2D eigenvalue weighted by atomic mass is 9.62. The highest BCUT2D eigenvalue weighted by atomic mass is 15.2. The zero-order valence-electron chi connectivity index (χ0n) is 16.3. The van der Waals surface area contributed by atoms with E-state index in [1.165, 1.54) is 25.9 Å². The molecule has 4 aromatic rings. The quantitative estimate of drug-likeness (QED) is 0.565. The normalized spacial score (nSPS) is 18.0. The molecule has 29 heavy (non-hydrogen) atoms. The monoisotopic (exact) mass is 385 g/mol. The Kier molecular flexibility index (Phi) is 3.55. The molecule has 1 spiro atoms. The first-order valence-electron chi connectivity index (χ1n) is 10.1. The number of imidazole rings is 1. The number of pyridine rings is 2. The van der Waals surface area contributed by atoms with Crippen LogP contribution in [0.5, 0.6) is 0 Å². The van der Waals surface area contributed by atoms with Crippen LogP contribution >= 0.6 is 0 Å². The van der Waals surface area contributed by atoms with E-state index < -0.39 is 0 Å². The molecular weight excluding hydrogens is 362 g/mol. The van der Waals surface area contributed by atoms with Gasteiger partial charge < -0.3 is 10.6 Å². The van der Waals surface area contributed by atoms with Gasteiger partial charge in [-0.2, -0.15) is 5.10 Å². The van der Waals surface area contributed by atoms with Crippen molar-refractivity contribution in [3.63, 3.8) is 0 Å². The summed E-state index contributed by atoms with van der Waals surface area (Å²) in [6, 6.07) is 10.8. The van der Waals surface area contributed by atoms with Gasteiger partial charge in [0.2, 0.25) is 0 Å². The lowest BCUT2D eigenvalue weighted by Gasteiger charge is -2.54. The molecule has 1 saturated carbocycles. The molecule has 0 radical (unpaired) electrons. The Morgan fingerprint density at radius 3 is 2.72 bits per heavy atom. The first-order chi connectivity index (χ1) is 14.2. The molecule has 6 rings (SSSR count). The van der Waals surface area contributed by atoms with Crippen LogP contribution in [0.4, 0.5) is 5.82 Å². The fourth-order valence-corrected chi connectivity index (χ4v) is 4.63. The summed E-state index contributed by atoms with van der Waals surface area (Å²) in [5.74, 6) is 0.938. The summed E-state index contributed by atoms with van der Waals surface area (Å²) in [5.41, 5.74) is 5.56. The van der Waals surface area contributed by atoms with Gasteiger partial charge in [-0.25, -0.2) is 9.97 Å². The van der Waals surface area contributed by atoms with Gasteiger partial charge in [-0.05, 0) is 42.5 Å². The first kappa shape index (κ1) is 16.7. The SMILES string of the molecule is Cn1cc(-c2ccc3ncc(-c4cccc(NC5CC6(CNC6)C5)n4)n3c2)cn1. The van der Waals surface area contributed by atoms with Crippen LogP contribution in [0.1, 0.15) is 12.8 Å². The molecule has 146 valence electrons. The van der Waals surface area contributed by atoms with Crippen LogP contribution in [0.2, 0.25) is 0 Å². The highest BCUT2D eigenvalue weighted by Crippen LogP contribution is 2.45. The Bertz CT molecular complexity index is 1190. The Morgan fingerprint density at radius 2 is 1.97 bits per heavy atom. The Morgan fingerprint density at radius 1 is 1.07 bits per heavy atom. The maximum Gasteiger partial charge on any atom is 0.137 e. The molecule has 1 saturated heterocycles. The molecule has 0 aromatic carbocycles. The van der Waals surface area contributed by atoms with E-state index in [0.29, 0.717) is 11.5 Å². The number of hydrogen-bond acceptors (Lipinski definition) is 5. The van der Waals surface area contributed by atoms with Crippen molar-refractivity contribution < 1.29 is 0 Å². The highest BCUT2D eigenvalue weighted by Gasteiger charge is 2.48. The largest absolute Gasteiger partial charge is 0.367 e. The standard InChI is InChI=1S/C22H23N7/c1-28-11-16(9-25-28)15-5-6-21-24-10-19(29(21)12-15)18-3-2-4-20(27-18)26-17-7-22(8-17)13-23-14-22/h2-6,9-12,17,23H,7-8,13-14H2,1H3,(H,26,27). The molecule has 0 unspecified atom stereocenters. The van der Waals surface area contributed by atoms with Gasteiger partial charge in [0.1, 0.15) is 11.5 Å². The van der Waals surface area contributed by atoms with E-state index in [0.717, 1.165) is 34.0 Å². The summed E-state index contributed by atoms with van der Waals surface area (Å²) >= 11 is 0. The molecule has 4 aromatic heterocycles. The molecule has 0 atom stereocenters. The molecule has 1 aliphatic carbocycles. The van der Waals surface area contributed by atoms with Crippen LogP contribution in [0.25, 0.3) is 28.2 Å². The van der Waals surface area contributed by atoms with Gasteiger partial charge in [-0.1, -0.05) is 6.07 Å². The number of nitrogens with zero attached hydrogens (tertiary/aromatic N) is 5. The predicted octanol–water partition coefficient (Wildman–Crippen LogP) is 2.96. The molecule has 2 aliphatic rings. The van der Waals surface area contributed by atoms with Gasteiger partial charge in [0.05, 0.1) is 23.8 Å².